The van der Waals surface area contributed by atoms with Gasteiger partial charge in [0.15, 0.2) is 11.4 Å². The number of hydrogen-bond donors (Lipinski definition) is 2. The number of benzene rings is 6. The van der Waals surface area contributed by atoms with Gasteiger partial charge in [0, 0.05) is 48.3 Å². The molecule has 0 unspecified atom stereocenters. The van der Waals surface area contributed by atoms with Crippen LogP contribution in [0.3, 0.4) is 0 Å². The van der Waals surface area contributed by atoms with Crippen LogP contribution in [0.25, 0.3) is 33.7 Å². The molecule has 11 heteroatoms. The first-order valence-electron chi connectivity index (χ1n) is 24.3. The fourth-order valence-electron chi connectivity index (χ4n) is 11.2. The van der Waals surface area contributed by atoms with Crippen LogP contribution < -0.4 is 0 Å². The van der Waals surface area contributed by atoms with Crippen LogP contribution in [0.4, 0.5) is 11.4 Å². The Labute approximate surface area is 421 Å². The Balaban J connectivity index is 1.08. The summed E-state index contributed by atoms with van der Waals surface area (Å²) in [5.74, 6) is -0.590. The smallest absolute Gasteiger partial charge is 0.265 e. The molecular formula is C60H62N2O6S2Si+2. The first-order chi connectivity index (χ1) is 33.8. The van der Waals surface area contributed by atoms with E-state index in [1.807, 2.05) is 24.3 Å². The number of nitrogens with zero attached hydrogens (tertiary/aromatic N) is 2. The summed E-state index contributed by atoms with van der Waals surface area (Å²) in [5.41, 5.74) is 15.3. The molecule has 0 fully saturated rings. The van der Waals surface area contributed by atoms with Crippen molar-refractivity contribution in [1.82, 2.24) is 0 Å². The molecule has 0 saturated heterocycles. The number of hydrogen-bond acceptors (Lipinski definition) is 4. The zero-order chi connectivity index (χ0) is 50.3. The fraction of sp³-hybridized carbons (Fsp3) is 0.233. The lowest BCUT2D eigenvalue weighted by Crippen LogP contribution is -2.28. The van der Waals surface area contributed by atoms with Crippen molar-refractivity contribution in [3.63, 3.8) is 0 Å². The van der Waals surface area contributed by atoms with Gasteiger partial charge >= 0.3 is 0 Å². The Morgan fingerprint density at radius 1 is 0.451 bits per heavy atom. The predicted molar refractivity (Wildman–Crippen MR) is 296 cm³/mol. The molecule has 0 amide bonds. The third-order valence-corrected chi connectivity index (χ3v) is 19.7. The largest absolute Gasteiger partial charge is 0.286 e. The van der Waals surface area contributed by atoms with Gasteiger partial charge in [0.1, 0.15) is 21.2 Å². The minimum atomic E-state index is -4.08. The maximum absolute atomic E-state index is 11.7. The van der Waals surface area contributed by atoms with Crippen LogP contribution in [0.15, 0.2) is 170 Å². The number of fused-ring (bicyclic) bond motifs is 2. The van der Waals surface area contributed by atoms with Crippen molar-refractivity contribution in [3.05, 3.63) is 214 Å². The number of allylic oxidation sites excluding steroid dienone is 4. The van der Waals surface area contributed by atoms with Crippen molar-refractivity contribution in [2.45, 2.75) is 64.5 Å². The average molecular weight is 999 g/mol. The van der Waals surface area contributed by atoms with Crippen molar-refractivity contribution in [1.29, 1.82) is 0 Å². The standard InChI is InChI=1S/C60H60N2O6S2Si/c1-59(2)49-23-13-15-25-51(49)61(39-17-41-69(63,64)65)53(59)37-31-43-27-33-47(34-28-43)57-55(45-19-9-7-10-20-45)56(46-21-11-8-12-22-46)58(71(57,5)6)48-35-29-44(30-36-48)32-38-54-60(3,4)50-24-14-16-26-52(50)62(54)40-18-42-70(66,67)68/h7-16,19-38H,17-18,39-42H2,1-6H3/p+2. The summed E-state index contributed by atoms with van der Waals surface area (Å²) in [4.78, 5) is 0. The van der Waals surface area contributed by atoms with Gasteiger partial charge in [-0.15, -0.1) is 0 Å². The summed E-state index contributed by atoms with van der Waals surface area (Å²) in [6.45, 7) is 14.7. The van der Waals surface area contributed by atoms with Crippen LogP contribution in [0.5, 0.6) is 0 Å². The maximum atomic E-state index is 11.7. The highest BCUT2D eigenvalue weighted by molar-refractivity contribution is 7.86. The van der Waals surface area contributed by atoms with Crippen LogP contribution in [0, 0.1) is 0 Å². The Kier molecular flexibility index (Phi) is 13.5. The average Bonchev–Trinajstić information content (AvgIpc) is 3.81. The molecular weight excluding hydrogens is 937 g/mol. The SMILES string of the molecule is CC1(C)C(C=Cc2ccc(C3=C(c4ccccc4)C(c4ccccc4)=C(c4ccc(C=CC5=[N+](CCCS(=O)(=O)O)c6ccccc6C5(C)C)cc4)[Si]3(C)C)cc2)=[N+](CCCS(=O)(=O)O)c2ccccc21. The van der Waals surface area contributed by atoms with Crippen LogP contribution in [0.1, 0.15) is 85.0 Å². The van der Waals surface area contributed by atoms with Crippen molar-refractivity contribution < 1.29 is 35.1 Å². The minimum Gasteiger partial charge on any atom is -0.286 e. The van der Waals surface area contributed by atoms with E-state index in [1.165, 1.54) is 54.9 Å². The van der Waals surface area contributed by atoms with Crippen molar-refractivity contribution >= 4 is 84.8 Å². The fourth-order valence-corrected chi connectivity index (χ4v) is 16.0. The second-order valence-corrected chi connectivity index (χ2v) is 27.8. The van der Waals surface area contributed by atoms with E-state index in [-0.39, 0.29) is 22.3 Å². The third-order valence-electron chi connectivity index (χ3n) is 14.6. The van der Waals surface area contributed by atoms with Gasteiger partial charge in [0.25, 0.3) is 20.2 Å². The molecule has 9 rings (SSSR count). The van der Waals surface area contributed by atoms with Crippen LogP contribution >= 0.6 is 0 Å². The van der Waals surface area contributed by atoms with Crippen molar-refractivity contribution in [2.24, 2.45) is 0 Å². The molecule has 71 heavy (non-hydrogen) atoms. The third kappa shape index (κ3) is 9.99. The molecule has 362 valence electrons. The highest BCUT2D eigenvalue weighted by Gasteiger charge is 2.46. The second-order valence-electron chi connectivity index (χ2n) is 20.4. The van der Waals surface area contributed by atoms with E-state index in [0.717, 1.165) is 33.9 Å². The molecule has 8 nitrogen and oxygen atoms in total. The van der Waals surface area contributed by atoms with Crippen LogP contribution in [-0.4, -0.2) is 79.2 Å². The topological polar surface area (TPSA) is 115 Å². The van der Waals surface area contributed by atoms with Gasteiger partial charge in [-0.25, -0.2) is 0 Å². The molecule has 3 aliphatic rings. The van der Waals surface area contributed by atoms with Gasteiger partial charge in [-0.2, -0.15) is 26.0 Å². The Morgan fingerprint density at radius 3 is 1.14 bits per heavy atom. The molecule has 0 aromatic heterocycles. The van der Waals surface area contributed by atoms with Crippen molar-refractivity contribution in [2.75, 3.05) is 24.6 Å². The van der Waals surface area contributed by atoms with Gasteiger partial charge in [-0.05, 0) is 94.8 Å². The molecule has 0 radical (unpaired) electrons. The number of rotatable bonds is 16. The highest BCUT2D eigenvalue weighted by Crippen LogP contribution is 2.55. The van der Waals surface area contributed by atoms with E-state index < -0.39 is 28.3 Å². The van der Waals surface area contributed by atoms with Gasteiger partial charge in [0.05, 0.1) is 22.3 Å². The lowest BCUT2D eigenvalue weighted by Gasteiger charge is -2.26. The normalized spacial score (nSPS) is 17.3. The quantitative estimate of drug-likeness (QED) is 0.0567. The molecule has 0 atom stereocenters. The summed E-state index contributed by atoms with van der Waals surface area (Å²) < 4.78 is 70.1. The summed E-state index contributed by atoms with van der Waals surface area (Å²) in [6, 6.07) is 55.9. The van der Waals surface area contributed by atoms with Crippen molar-refractivity contribution in [3.8, 4) is 0 Å². The van der Waals surface area contributed by atoms with E-state index in [9.17, 15) is 25.9 Å². The zero-order valence-corrected chi connectivity index (χ0v) is 43.9. The molecule has 0 saturated carbocycles. The Morgan fingerprint density at radius 2 is 0.789 bits per heavy atom. The molecule has 0 bridgehead atoms. The molecule has 2 N–H and O–H groups in total. The first-order valence-corrected chi connectivity index (χ1v) is 30.5. The lowest BCUT2D eigenvalue weighted by molar-refractivity contribution is -0.437. The van der Waals surface area contributed by atoms with E-state index in [0.29, 0.717) is 25.9 Å². The zero-order valence-electron chi connectivity index (χ0n) is 41.3. The molecule has 0 spiro atoms. The summed E-state index contributed by atoms with van der Waals surface area (Å²) in [5, 5.41) is 2.75. The van der Waals surface area contributed by atoms with Gasteiger partial charge in [0.2, 0.25) is 11.4 Å². The van der Waals surface area contributed by atoms with E-state index in [1.54, 1.807) is 0 Å². The summed E-state index contributed by atoms with van der Waals surface area (Å²) in [6.07, 6.45) is 9.21. The summed E-state index contributed by atoms with van der Waals surface area (Å²) >= 11 is 0. The Hall–Kier alpha value is -6.34. The van der Waals surface area contributed by atoms with Gasteiger partial charge in [-0.1, -0.05) is 159 Å². The summed E-state index contributed by atoms with van der Waals surface area (Å²) in [7, 11) is -10.6. The van der Waals surface area contributed by atoms with E-state index in [4.69, 9.17) is 0 Å². The van der Waals surface area contributed by atoms with E-state index >= 15 is 0 Å². The number of para-hydroxylation sites is 2. The predicted octanol–water partition coefficient (Wildman–Crippen LogP) is 12.7. The van der Waals surface area contributed by atoms with E-state index in [2.05, 4.69) is 208 Å². The first kappa shape index (κ1) is 49.6. The van der Waals surface area contributed by atoms with Gasteiger partial charge in [-0.3, -0.25) is 9.11 Å². The molecule has 6 aromatic carbocycles. The molecule has 3 heterocycles. The second kappa shape index (κ2) is 19.3. The molecule has 6 aromatic rings. The minimum absolute atomic E-state index is 0.295. The maximum Gasteiger partial charge on any atom is 0.265 e. The Bertz CT molecular complexity index is 3230. The van der Waals surface area contributed by atoms with Gasteiger partial charge < -0.3 is 0 Å². The van der Waals surface area contributed by atoms with Crippen LogP contribution in [0.2, 0.25) is 13.1 Å². The van der Waals surface area contributed by atoms with Crippen LogP contribution in [-0.2, 0) is 31.1 Å². The monoisotopic (exact) mass is 998 g/mol. The molecule has 3 aliphatic heterocycles. The highest BCUT2D eigenvalue weighted by atomic mass is 32.2. The molecule has 0 aliphatic carbocycles. The lowest BCUT2D eigenvalue weighted by atomic mass is 9.81.